The summed E-state index contributed by atoms with van der Waals surface area (Å²) in [6, 6.07) is 21.6. The molecule has 1 aliphatic rings. The zero-order valence-electron chi connectivity index (χ0n) is 18.9. The molecule has 0 radical (unpaired) electrons. The highest BCUT2D eigenvalue weighted by molar-refractivity contribution is 6.33. The van der Waals surface area contributed by atoms with Gasteiger partial charge in [-0.25, -0.2) is 4.98 Å². The second-order valence-corrected chi connectivity index (χ2v) is 8.89. The second kappa shape index (κ2) is 9.92. The number of fused-ring (bicyclic) bond motifs is 1. The topological polar surface area (TPSA) is 101 Å². The molecule has 3 aromatic carbocycles. The van der Waals surface area contributed by atoms with Gasteiger partial charge in [-0.1, -0.05) is 54.1 Å². The van der Waals surface area contributed by atoms with Crippen LogP contribution in [0.3, 0.4) is 0 Å². The highest BCUT2D eigenvalue weighted by Gasteiger charge is 2.26. The maximum absolute atomic E-state index is 12.3. The Labute approximate surface area is 208 Å². The van der Waals surface area contributed by atoms with E-state index in [1.807, 2.05) is 66.7 Å². The summed E-state index contributed by atoms with van der Waals surface area (Å²) >= 11 is 6.52. The molecule has 1 aromatic heterocycles. The summed E-state index contributed by atoms with van der Waals surface area (Å²) in [6.07, 6.45) is 1.06. The Morgan fingerprint density at radius 1 is 1.14 bits per heavy atom. The van der Waals surface area contributed by atoms with Gasteiger partial charge in [-0.2, -0.15) is 0 Å². The van der Waals surface area contributed by atoms with Crippen LogP contribution in [-0.2, 0) is 17.8 Å². The number of hydrogen-bond donors (Lipinski definition) is 4. The molecule has 0 aliphatic carbocycles. The first-order valence-electron chi connectivity index (χ1n) is 11.4. The number of aliphatic hydroxyl groups excluding tert-OH is 2. The van der Waals surface area contributed by atoms with Crippen molar-refractivity contribution < 1.29 is 15.0 Å². The van der Waals surface area contributed by atoms with Gasteiger partial charge in [-0.05, 0) is 47.4 Å². The van der Waals surface area contributed by atoms with Crippen LogP contribution in [0.4, 0.5) is 11.4 Å². The Morgan fingerprint density at radius 3 is 2.77 bits per heavy atom. The van der Waals surface area contributed by atoms with Crippen LogP contribution in [0.25, 0.3) is 22.6 Å². The lowest BCUT2D eigenvalue weighted by atomic mass is 9.97. The van der Waals surface area contributed by atoms with E-state index in [2.05, 4.69) is 15.3 Å². The number of halogens is 1. The molecule has 1 amide bonds. The van der Waals surface area contributed by atoms with Crippen molar-refractivity contribution >= 4 is 28.9 Å². The van der Waals surface area contributed by atoms with Crippen LogP contribution in [0.1, 0.15) is 11.1 Å². The Morgan fingerprint density at radius 2 is 1.97 bits per heavy atom. The van der Waals surface area contributed by atoms with E-state index in [0.717, 1.165) is 39.3 Å². The van der Waals surface area contributed by atoms with Gasteiger partial charge in [0.05, 0.1) is 23.5 Å². The first kappa shape index (κ1) is 23.1. The first-order chi connectivity index (χ1) is 17.0. The Kier molecular flexibility index (Phi) is 6.55. The molecular formula is C27H25ClN4O3. The van der Waals surface area contributed by atoms with Gasteiger partial charge in [-0.3, -0.25) is 4.79 Å². The number of imidazole rings is 1. The summed E-state index contributed by atoms with van der Waals surface area (Å²) < 4.78 is 0. The maximum Gasteiger partial charge on any atom is 0.254 e. The number of carbonyl (C=O) groups is 1. The van der Waals surface area contributed by atoms with Crippen LogP contribution in [0.2, 0.25) is 5.02 Å². The number of hydrogen-bond acceptors (Lipinski definition) is 5. The number of amides is 1. The van der Waals surface area contributed by atoms with E-state index in [1.54, 1.807) is 11.1 Å². The molecule has 1 atom stereocenters. The van der Waals surface area contributed by atoms with Gasteiger partial charge in [0.2, 0.25) is 0 Å². The molecule has 0 saturated heterocycles. The number of rotatable bonds is 6. The fraction of sp³-hybridized carbons (Fsp3) is 0.185. The van der Waals surface area contributed by atoms with Crippen LogP contribution in [0.15, 0.2) is 72.9 Å². The fourth-order valence-electron chi connectivity index (χ4n) is 4.37. The molecule has 8 heteroatoms. The fourth-order valence-corrected chi connectivity index (χ4v) is 4.57. The zero-order valence-corrected chi connectivity index (χ0v) is 19.7. The molecule has 4 aromatic rings. The van der Waals surface area contributed by atoms with E-state index >= 15 is 0 Å². The number of aromatic amines is 1. The van der Waals surface area contributed by atoms with Crippen molar-refractivity contribution in [2.45, 2.75) is 19.1 Å². The monoisotopic (exact) mass is 488 g/mol. The molecule has 1 aliphatic heterocycles. The molecule has 5 rings (SSSR count). The lowest BCUT2D eigenvalue weighted by Crippen LogP contribution is -2.43. The van der Waals surface area contributed by atoms with Crippen LogP contribution >= 0.6 is 11.6 Å². The smallest absolute Gasteiger partial charge is 0.254 e. The number of aliphatic hydroxyl groups is 2. The minimum absolute atomic E-state index is 0.390. The number of nitrogens with one attached hydrogen (secondary N) is 2. The zero-order chi connectivity index (χ0) is 24.4. The summed E-state index contributed by atoms with van der Waals surface area (Å²) in [5.74, 6) is 0.233. The second-order valence-electron chi connectivity index (χ2n) is 8.48. The molecule has 35 heavy (non-hydrogen) atoms. The number of aromatic nitrogens is 2. The predicted octanol–water partition coefficient (Wildman–Crippen LogP) is 4.38. The Bertz CT molecular complexity index is 1360. The largest absolute Gasteiger partial charge is 0.393 e. The van der Waals surface area contributed by atoms with Crippen LogP contribution in [0, 0.1) is 0 Å². The standard InChI is InChI=1S/C27H25ClN4O3/c28-22-10-9-19(13-21(22)26-29-14-24(31-26)17-5-2-1-3-6-17)30-23-8-4-7-18-15-32(12-11-20(18)23)27(35)25(34)16-33/h1-10,13-14,25,30,33-34H,11-12,15-16H2,(H,29,31)/t25-/m1/s1. The number of benzene rings is 3. The van der Waals surface area contributed by atoms with E-state index in [0.29, 0.717) is 30.4 Å². The maximum atomic E-state index is 12.3. The van der Waals surface area contributed by atoms with E-state index in [9.17, 15) is 9.90 Å². The van der Waals surface area contributed by atoms with Crippen molar-refractivity contribution in [2.75, 3.05) is 18.5 Å². The van der Waals surface area contributed by atoms with E-state index in [4.69, 9.17) is 16.7 Å². The number of anilines is 2. The van der Waals surface area contributed by atoms with Gasteiger partial charge in [0.1, 0.15) is 5.82 Å². The average Bonchev–Trinajstić information content (AvgIpc) is 3.39. The molecule has 4 N–H and O–H groups in total. The van der Waals surface area contributed by atoms with Gasteiger partial charge in [0.25, 0.3) is 5.91 Å². The minimum atomic E-state index is -1.38. The highest BCUT2D eigenvalue weighted by Crippen LogP contribution is 2.33. The van der Waals surface area contributed by atoms with Crippen LogP contribution in [0.5, 0.6) is 0 Å². The molecular weight excluding hydrogens is 464 g/mol. The van der Waals surface area contributed by atoms with Gasteiger partial charge in [0, 0.05) is 30.0 Å². The van der Waals surface area contributed by atoms with E-state index in [-0.39, 0.29) is 0 Å². The molecule has 0 spiro atoms. The molecule has 0 saturated carbocycles. The quantitative estimate of drug-likeness (QED) is 0.322. The normalized spacial score (nSPS) is 13.9. The molecule has 0 bridgehead atoms. The molecule has 0 fully saturated rings. The number of nitrogens with zero attached hydrogens (tertiary/aromatic N) is 2. The average molecular weight is 489 g/mol. The predicted molar refractivity (Wildman–Crippen MR) is 136 cm³/mol. The third-order valence-electron chi connectivity index (χ3n) is 6.20. The van der Waals surface area contributed by atoms with Gasteiger partial charge < -0.3 is 25.4 Å². The highest BCUT2D eigenvalue weighted by atomic mass is 35.5. The third kappa shape index (κ3) is 4.79. The van der Waals surface area contributed by atoms with Crippen molar-refractivity contribution in [3.8, 4) is 22.6 Å². The minimum Gasteiger partial charge on any atom is -0.393 e. The van der Waals surface area contributed by atoms with Crippen LogP contribution in [-0.4, -0.2) is 50.2 Å². The summed E-state index contributed by atoms with van der Waals surface area (Å²) in [7, 11) is 0. The van der Waals surface area contributed by atoms with Crippen molar-refractivity contribution in [3.63, 3.8) is 0 Å². The summed E-state index contributed by atoms with van der Waals surface area (Å²) in [5.41, 5.74) is 6.70. The van der Waals surface area contributed by atoms with Crippen molar-refractivity contribution in [1.29, 1.82) is 0 Å². The van der Waals surface area contributed by atoms with Crippen molar-refractivity contribution in [2.24, 2.45) is 0 Å². The van der Waals surface area contributed by atoms with Gasteiger partial charge in [0.15, 0.2) is 6.10 Å². The molecule has 7 nitrogen and oxygen atoms in total. The van der Waals surface area contributed by atoms with E-state index in [1.165, 1.54) is 0 Å². The lowest BCUT2D eigenvalue weighted by molar-refractivity contribution is -0.143. The summed E-state index contributed by atoms with van der Waals surface area (Å²) in [5, 5.41) is 22.9. The summed E-state index contributed by atoms with van der Waals surface area (Å²) in [4.78, 5) is 21.8. The van der Waals surface area contributed by atoms with Crippen molar-refractivity contribution in [1.82, 2.24) is 14.9 Å². The lowest BCUT2D eigenvalue weighted by Gasteiger charge is -2.31. The SMILES string of the molecule is O=C([C@H](O)CO)N1CCc2c(cccc2Nc2ccc(Cl)c(-c3ncc(-c4ccccc4)[nH]3)c2)C1. The summed E-state index contributed by atoms with van der Waals surface area (Å²) in [6.45, 7) is 0.286. The molecule has 178 valence electrons. The third-order valence-corrected chi connectivity index (χ3v) is 6.53. The van der Waals surface area contributed by atoms with Crippen LogP contribution < -0.4 is 5.32 Å². The molecule has 2 heterocycles. The number of carbonyl (C=O) groups excluding carboxylic acids is 1. The Hall–Kier alpha value is -3.65. The van der Waals surface area contributed by atoms with Gasteiger partial charge in [-0.15, -0.1) is 0 Å². The number of H-pyrrole nitrogens is 1. The molecule has 0 unspecified atom stereocenters. The van der Waals surface area contributed by atoms with Crippen molar-refractivity contribution in [3.05, 3.63) is 89.1 Å². The van der Waals surface area contributed by atoms with E-state index < -0.39 is 18.6 Å². The van der Waals surface area contributed by atoms with Gasteiger partial charge >= 0.3 is 0 Å². The Balaban J connectivity index is 1.39. The first-order valence-corrected chi connectivity index (χ1v) is 11.8.